The molecule has 2 atom stereocenters. The van der Waals surface area contributed by atoms with Crippen LogP contribution in [0.25, 0.3) is 0 Å². The van der Waals surface area contributed by atoms with Crippen LogP contribution in [0, 0.1) is 5.92 Å². The summed E-state index contributed by atoms with van der Waals surface area (Å²) in [5.74, 6) is 0.181. The third-order valence-electron chi connectivity index (χ3n) is 2.07. The van der Waals surface area contributed by atoms with Gasteiger partial charge in [0.15, 0.2) is 0 Å². The lowest BCUT2D eigenvalue weighted by Crippen LogP contribution is -2.42. The molecule has 0 aromatic carbocycles. The van der Waals surface area contributed by atoms with Gasteiger partial charge in [-0.2, -0.15) is 0 Å². The molecule has 0 aromatic heterocycles. The van der Waals surface area contributed by atoms with Crippen LogP contribution in [0.15, 0.2) is 0 Å². The number of rotatable bonds is 2. The van der Waals surface area contributed by atoms with E-state index in [2.05, 4.69) is 5.32 Å². The van der Waals surface area contributed by atoms with Crippen molar-refractivity contribution < 1.29 is 9.53 Å². The molecule has 1 saturated carbocycles. The minimum Gasteiger partial charge on any atom is -0.372 e. The van der Waals surface area contributed by atoms with E-state index in [0.29, 0.717) is 0 Å². The van der Waals surface area contributed by atoms with Gasteiger partial charge in [-0.05, 0) is 48.0 Å². The first-order chi connectivity index (χ1) is 6.58. The second-order valence-corrected chi connectivity index (χ2v) is 6.35. The Labute approximate surface area is 92.6 Å². The summed E-state index contributed by atoms with van der Waals surface area (Å²) in [6.07, 6.45) is 0.978. The van der Waals surface area contributed by atoms with Crippen LogP contribution in [0.1, 0.15) is 48.0 Å². The van der Waals surface area contributed by atoms with E-state index in [9.17, 15) is 4.79 Å². The van der Waals surface area contributed by atoms with E-state index in [4.69, 9.17) is 4.74 Å². The van der Waals surface area contributed by atoms with Crippen molar-refractivity contribution >= 4 is 5.91 Å². The fraction of sp³-hybridized carbons (Fsp3) is 0.917. The van der Waals surface area contributed by atoms with Crippen LogP contribution in [0.3, 0.4) is 0 Å². The molecule has 0 heterocycles. The summed E-state index contributed by atoms with van der Waals surface area (Å²) >= 11 is 0. The summed E-state index contributed by atoms with van der Waals surface area (Å²) in [6.45, 7) is 12.0. The third-order valence-corrected chi connectivity index (χ3v) is 2.07. The van der Waals surface area contributed by atoms with Crippen LogP contribution in [0.2, 0.25) is 0 Å². The Morgan fingerprint density at radius 2 is 1.73 bits per heavy atom. The Kier molecular flexibility index (Phi) is 3.15. The summed E-state index contributed by atoms with van der Waals surface area (Å²) in [5.41, 5.74) is -0.298. The molecule has 0 aromatic rings. The monoisotopic (exact) mass is 213 g/mol. The molecular formula is C12H23NO2. The van der Waals surface area contributed by atoms with Crippen molar-refractivity contribution in [1.29, 1.82) is 0 Å². The lowest BCUT2D eigenvalue weighted by atomic mass is 10.1. The molecule has 3 nitrogen and oxygen atoms in total. The molecule has 0 radical (unpaired) electrons. The molecular weight excluding hydrogens is 190 g/mol. The highest BCUT2D eigenvalue weighted by Crippen LogP contribution is 2.37. The number of hydrogen-bond acceptors (Lipinski definition) is 2. The van der Waals surface area contributed by atoms with Crippen LogP contribution in [0.5, 0.6) is 0 Å². The first kappa shape index (κ1) is 12.5. The molecule has 15 heavy (non-hydrogen) atoms. The predicted octanol–water partition coefficient (Wildman–Crippen LogP) is 2.10. The highest BCUT2D eigenvalue weighted by molar-refractivity contribution is 5.82. The second-order valence-electron chi connectivity index (χ2n) is 6.35. The summed E-state index contributed by atoms with van der Waals surface area (Å²) in [6, 6.07) is 0. The molecule has 0 unspecified atom stereocenters. The summed E-state index contributed by atoms with van der Waals surface area (Å²) in [4.78, 5) is 11.7. The molecule has 1 rings (SSSR count). The number of nitrogens with one attached hydrogen (secondary N) is 1. The van der Waals surface area contributed by atoms with Crippen molar-refractivity contribution in [2.24, 2.45) is 5.92 Å². The Morgan fingerprint density at radius 1 is 1.20 bits per heavy atom. The molecule has 1 aliphatic rings. The van der Waals surface area contributed by atoms with Gasteiger partial charge in [-0.1, -0.05) is 0 Å². The van der Waals surface area contributed by atoms with Gasteiger partial charge in [0.05, 0.1) is 17.6 Å². The quantitative estimate of drug-likeness (QED) is 0.763. The van der Waals surface area contributed by atoms with Gasteiger partial charge >= 0.3 is 0 Å². The van der Waals surface area contributed by atoms with Crippen molar-refractivity contribution in [2.45, 2.75) is 65.2 Å². The zero-order valence-electron chi connectivity index (χ0n) is 10.7. The van der Waals surface area contributed by atoms with Gasteiger partial charge in [-0.3, -0.25) is 4.79 Å². The SMILES string of the molecule is CC(C)(C)NC(=O)[C@H]1C[C@@H]1OC(C)(C)C. The van der Waals surface area contributed by atoms with Gasteiger partial charge in [0, 0.05) is 5.54 Å². The average molecular weight is 213 g/mol. The Morgan fingerprint density at radius 3 is 2.13 bits per heavy atom. The van der Waals surface area contributed by atoms with E-state index in [0.717, 1.165) is 6.42 Å². The maximum absolute atomic E-state index is 11.7. The molecule has 1 fully saturated rings. The zero-order chi connectivity index (χ0) is 11.9. The van der Waals surface area contributed by atoms with E-state index >= 15 is 0 Å². The van der Waals surface area contributed by atoms with Crippen LogP contribution < -0.4 is 5.32 Å². The molecule has 1 N–H and O–H groups in total. The third kappa shape index (κ3) is 4.65. The highest BCUT2D eigenvalue weighted by Gasteiger charge is 2.46. The summed E-state index contributed by atoms with van der Waals surface area (Å²) in [7, 11) is 0. The van der Waals surface area contributed by atoms with E-state index in [-0.39, 0.29) is 29.1 Å². The van der Waals surface area contributed by atoms with Crippen molar-refractivity contribution in [3.05, 3.63) is 0 Å². The lowest BCUT2D eigenvalue weighted by molar-refractivity contribution is -0.125. The van der Waals surface area contributed by atoms with Crippen molar-refractivity contribution in [1.82, 2.24) is 5.32 Å². The molecule has 3 heteroatoms. The second kappa shape index (κ2) is 3.78. The lowest BCUT2D eigenvalue weighted by Gasteiger charge is -2.22. The number of amides is 1. The minimum atomic E-state index is -0.151. The fourth-order valence-corrected chi connectivity index (χ4v) is 1.49. The van der Waals surface area contributed by atoms with Gasteiger partial charge in [-0.15, -0.1) is 0 Å². The van der Waals surface area contributed by atoms with Crippen molar-refractivity contribution in [3.63, 3.8) is 0 Å². The van der Waals surface area contributed by atoms with E-state index in [1.165, 1.54) is 0 Å². The van der Waals surface area contributed by atoms with E-state index in [1.54, 1.807) is 0 Å². The topological polar surface area (TPSA) is 38.3 Å². The standard InChI is InChI=1S/C12H23NO2/c1-11(2,3)13-10(14)8-7-9(8)15-12(4,5)6/h8-9H,7H2,1-6H3,(H,13,14)/t8-,9-/m0/s1. The van der Waals surface area contributed by atoms with Gasteiger partial charge < -0.3 is 10.1 Å². The number of ether oxygens (including phenoxy) is 1. The average Bonchev–Trinajstić information content (AvgIpc) is 2.58. The largest absolute Gasteiger partial charge is 0.372 e. The molecule has 88 valence electrons. The molecule has 1 aliphatic carbocycles. The smallest absolute Gasteiger partial charge is 0.226 e. The number of hydrogen-bond donors (Lipinski definition) is 1. The molecule has 0 saturated heterocycles. The maximum atomic E-state index is 11.7. The van der Waals surface area contributed by atoms with E-state index < -0.39 is 0 Å². The minimum absolute atomic E-state index is 0.0587. The Bertz CT molecular complexity index is 247. The first-order valence-electron chi connectivity index (χ1n) is 5.58. The normalized spacial score (nSPS) is 26.3. The summed E-state index contributed by atoms with van der Waals surface area (Å²) < 4.78 is 5.74. The highest BCUT2D eigenvalue weighted by atomic mass is 16.5. The van der Waals surface area contributed by atoms with Gasteiger partial charge in [-0.25, -0.2) is 0 Å². The predicted molar refractivity (Wildman–Crippen MR) is 60.6 cm³/mol. The molecule has 1 amide bonds. The molecule has 0 spiro atoms. The Balaban J connectivity index is 2.35. The van der Waals surface area contributed by atoms with Crippen molar-refractivity contribution in [2.75, 3.05) is 0 Å². The Hall–Kier alpha value is -0.570. The van der Waals surface area contributed by atoms with Crippen LogP contribution in [0.4, 0.5) is 0 Å². The van der Waals surface area contributed by atoms with Crippen LogP contribution in [-0.4, -0.2) is 23.2 Å². The molecule has 0 bridgehead atoms. The van der Waals surface area contributed by atoms with Crippen molar-refractivity contribution in [3.8, 4) is 0 Å². The van der Waals surface area contributed by atoms with Gasteiger partial charge in [0.25, 0.3) is 0 Å². The van der Waals surface area contributed by atoms with Crippen LogP contribution in [-0.2, 0) is 9.53 Å². The maximum Gasteiger partial charge on any atom is 0.226 e. The van der Waals surface area contributed by atoms with Gasteiger partial charge in [0.2, 0.25) is 5.91 Å². The number of carbonyl (C=O) groups excluding carboxylic acids is 1. The van der Waals surface area contributed by atoms with E-state index in [1.807, 2.05) is 41.5 Å². The fourth-order valence-electron chi connectivity index (χ4n) is 1.49. The zero-order valence-corrected chi connectivity index (χ0v) is 10.7. The molecule has 0 aliphatic heterocycles. The number of carbonyl (C=O) groups is 1. The van der Waals surface area contributed by atoms with Gasteiger partial charge in [0.1, 0.15) is 0 Å². The first-order valence-corrected chi connectivity index (χ1v) is 5.58. The summed E-state index contributed by atoms with van der Waals surface area (Å²) in [5, 5.41) is 2.98. The van der Waals surface area contributed by atoms with Crippen LogP contribution >= 0.6 is 0 Å².